The minimum Gasteiger partial charge on any atom is -0.486 e. The minimum absolute atomic E-state index is 0. The number of rotatable bonds is 3. The third-order valence-corrected chi connectivity index (χ3v) is 3.69. The number of halogens is 2. The highest BCUT2D eigenvalue weighted by Gasteiger charge is 2.23. The molecule has 1 N–H and O–H groups in total. The molecule has 2 aliphatic rings. The lowest BCUT2D eigenvalue weighted by atomic mass is 10.0. The van der Waals surface area contributed by atoms with Gasteiger partial charge in [-0.15, -0.1) is 12.4 Å². The van der Waals surface area contributed by atoms with E-state index in [-0.39, 0.29) is 25.1 Å². The molecule has 0 amide bonds. The molecular formula is C14H20ClFN2O2. The second-order valence-corrected chi connectivity index (χ2v) is 4.86. The lowest BCUT2D eigenvalue weighted by Crippen LogP contribution is -2.45. The van der Waals surface area contributed by atoms with E-state index in [0.29, 0.717) is 13.2 Å². The van der Waals surface area contributed by atoms with Crippen molar-refractivity contribution in [3.8, 4) is 11.5 Å². The van der Waals surface area contributed by atoms with E-state index >= 15 is 0 Å². The third kappa shape index (κ3) is 3.16. The molecule has 0 unspecified atom stereocenters. The van der Waals surface area contributed by atoms with Crippen molar-refractivity contribution in [2.24, 2.45) is 0 Å². The van der Waals surface area contributed by atoms with Crippen LogP contribution in [-0.2, 0) is 0 Å². The molecule has 0 radical (unpaired) electrons. The molecule has 4 nitrogen and oxygen atoms in total. The Morgan fingerprint density at radius 3 is 2.55 bits per heavy atom. The van der Waals surface area contributed by atoms with Crippen molar-refractivity contribution < 1.29 is 13.9 Å². The first-order chi connectivity index (χ1) is 9.38. The van der Waals surface area contributed by atoms with Crippen molar-refractivity contribution in [1.29, 1.82) is 0 Å². The maximum atomic E-state index is 13.4. The average Bonchev–Trinajstić information content (AvgIpc) is 2.49. The maximum absolute atomic E-state index is 13.4. The largest absolute Gasteiger partial charge is 0.486 e. The summed E-state index contributed by atoms with van der Waals surface area (Å²) in [6.07, 6.45) is 0. The summed E-state index contributed by atoms with van der Waals surface area (Å²) in [6.45, 7) is 4.36. The smallest absolute Gasteiger partial charge is 0.161 e. The zero-order chi connectivity index (χ0) is 13.1. The third-order valence-electron chi connectivity index (χ3n) is 3.69. The van der Waals surface area contributed by atoms with Gasteiger partial charge in [-0.2, -0.15) is 0 Å². The van der Waals surface area contributed by atoms with Crippen LogP contribution in [0.15, 0.2) is 18.2 Å². The van der Waals surface area contributed by atoms with Gasteiger partial charge < -0.3 is 14.8 Å². The number of nitrogens with zero attached hydrogens (tertiary/aromatic N) is 1. The van der Waals surface area contributed by atoms with Crippen molar-refractivity contribution in [3.63, 3.8) is 0 Å². The number of fused-ring (bicyclic) bond motifs is 1. The van der Waals surface area contributed by atoms with Gasteiger partial charge in [0.25, 0.3) is 0 Å². The van der Waals surface area contributed by atoms with Crippen LogP contribution in [0.3, 0.4) is 0 Å². The molecule has 1 atom stereocenters. The topological polar surface area (TPSA) is 33.7 Å². The van der Waals surface area contributed by atoms with Gasteiger partial charge >= 0.3 is 0 Å². The summed E-state index contributed by atoms with van der Waals surface area (Å²) in [5, 5.41) is 3.29. The first kappa shape index (κ1) is 15.4. The summed E-state index contributed by atoms with van der Waals surface area (Å²) in [5.74, 6) is 1.49. The number of benzene rings is 1. The molecule has 0 saturated carbocycles. The molecule has 20 heavy (non-hydrogen) atoms. The van der Waals surface area contributed by atoms with E-state index in [1.54, 1.807) is 0 Å². The Balaban J connectivity index is 0.00000147. The van der Waals surface area contributed by atoms with E-state index in [4.69, 9.17) is 9.47 Å². The van der Waals surface area contributed by atoms with Gasteiger partial charge in [0.15, 0.2) is 11.5 Å². The minimum atomic E-state index is -0.375. The molecule has 1 aromatic rings. The summed E-state index contributed by atoms with van der Waals surface area (Å²) in [4.78, 5) is 2.18. The zero-order valence-corrected chi connectivity index (χ0v) is 12.1. The number of nitrogens with one attached hydrogen (secondary N) is 1. The molecule has 112 valence electrons. The van der Waals surface area contributed by atoms with E-state index in [9.17, 15) is 4.39 Å². The van der Waals surface area contributed by atoms with Gasteiger partial charge in [-0.05, 0) is 17.7 Å². The summed E-state index contributed by atoms with van der Waals surface area (Å²) >= 11 is 0. The molecule has 6 heteroatoms. The second-order valence-electron chi connectivity index (χ2n) is 4.86. The van der Waals surface area contributed by atoms with Gasteiger partial charge in [-0.25, -0.2) is 4.39 Å². The molecule has 3 rings (SSSR count). The monoisotopic (exact) mass is 302 g/mol. The number of hydrogen-bond donors (Lipinski definition) is 1. The predicted octanol–water partition coefficient (Wildman–Crippen LogP) is 1.80. The van der Waals surface area contributed by atoms with E-state index in [1.807, 2.05) is 18.2 Å². The SMILES string of the molecule is Cl.FC[C@H](c1ccc2c(c1)OCCO2)N1CCNCC1. The molecule has 0 aromatic heterocycles. The number of ether oxygens (including phenoxy) is 2. The first-order valence-corrected chi connectivity index (χ1v) is 6.79. The van der Waals surface area contributed by atoms with Crippen LogP contribution in [0.4, 0.5) is 4.39 Å². The highest BCUT2D eigenvalue weighted by Crippen LogP contribution is 2.34. The van der Waals surface area contributed by atoms with Crippen LogP contribution in [0.1, 0.15) is 11.6 Å². The van der Waals surface area contributed by atoms with Crippen LogP contribution in [0, 0.1) is 0 Å². The second kappa shape index (κ2) is 7.11. The number of piperazine rings is 1. The normalized spacial score (nSPS) is 20.1. The van der Waals surface area contributed by atoms with Gasteiger partial charge in [0, 0.05) is 26.2 Å². The lowest BCUT2D eigenvalue weighted by Gasteiger charge is -2.34. The fraction of sp³-hybridized carbons (Fsp3) is 0.571. The molecule has 1 fully saturated rings. The highest BCUT2D eigenvalue weighted by atomic mass is 35.5. The predicted molar refractivity (Wildman–Crippen MR) is 77.8 cm³/mol. The fourth-order valence-corrected chi connectivity index (χ4v) is 2.66. The van der Waals surface area contributed by atoms with Gasteiger partial charge in [0.2, 0.25) is 0 Å². The fourth-order valence-electron chi connectivity index (χ4n) is 2.66. The zero-order valence-electron chi connectivity index (χ0n) is 11.3. The van der Waals surface area contributed by atoms with E-state index < -0.39 is 0 Å². The van der Waals surface area contributed by atoms with Crippen molar-refractivity contribution >= 4 is 12.4 Å². The summed E-state index contributed by atoms with van der Waals surface area (Å²) in [6, 6.07) is 5.56. The van der Waals surface area contributed by atoms with Gasteiger partial charge in [-0.3, -0.25) is 4.90 Å². The van der Waals surface area contributed by atoms with E-state index in [0.717, 1.165) is 43.2 Å². The highest BCUT2D eigenvalue weighted by molar-refractivity contribution is 5.85. The lowest BCUT2D eigenvalue weighted by molar-refractivity contribution is 0.145. The number of hydrogen-bond acceptors (Lipinski definition) is 4. The van der Waals surface area contributed by atoms with Gasteiger partial charge in [-0.1, -0.05) is 6.07 Å². The van der Waals surface area contributed by atoms with Crippen LogP contribution in [0.25, 0.3) is 0 Å². The molecule has 0 spiro atoms. The van der Waals surface area contributed by atoms with Crippen molar-refractivity contribution in [2.75, 3.05) is 46.1 Å². The van der Waals surface area contributed by atoms with Crippen LogP contribution in [0.5, 0.6) is 11.5 Å². The van der Waals surface area contributed by atoms with Gasteiger partial charge in [0.05, 0.1) is 6.04 Å². The summed E-state index contributed by atoms with van der Waals surface area (Å²) in [7, 11) is 0. The maximum Gasteiger partial charge on any atom is 0.161 e. The molecule has 0 aliphatic carbocycles. The van der Waals surface area contributed by atoms with Crippen LogP contribution >= 0.6 is 12.4 Å². The molecule has 1 saturated heterocycles. The van der Waals surface area contributed by atoms with E-state index in [1.165, 1.54) is 0 Å². The Hall–Kier alpha value is -1.04. The Morgan fingerprint density at radius 2 is 1.85 bits per heavy atom. The molecule has 0 bridgehead atoms. The molecular weight excluding hydrogens is 283 g/mol. The van der Waals surface area contributed by atoms with E-state index in [2.05, 4.69) is 10.2 Å². The van der Waals surface area contributed by atoms with Crippen molar-refractivity contribution in [1.82, 2.24) is 10.2 Å². The average molecular weight is 303 g/mol. The van der Waals surface area contributed by atoms with Gasteiger partial charge in [0.1, 0.15) is 19.9 Å². The summed E-state index contributed by atoms with van der Waals surface area (Å²) in [5.41, 5.74) is 0.966. The first-order valence-electron chi connectivity index (χ1n) is 6.79. The van der Waals surface area contributed by atoms with Crippen molar-refractivity contribution in [3.05, 3.63) is 23.8 Å². The Bertz CT molecular complexity index is 441. The molecule has 2 aliphatic heterocycles. The summed E-state index contributed by atoms with van der Waals surface area (Å²) < 4.78 is 24.5. The van der Waals surface area contributed by atoms with Crippen LogP contribution in [0.2, 0.25) is 0 Å². The molecule has 2 heterocycles. The Morgan fingerprint density at radius 1 is 1.15 bits per heavy atom. The van der Waals surface area contributed by atoms with Crippen LogP contribution < -0.4 is 14.8 Å². The van der Waals surface area contributed by atoms with Crippen LogP contribution in [-0.4, -0.2) is 51.0 Å². The standard InChI is InChI=1S/C14H19FN2O2.ClH/c15-10-12(17-5-3-16-4-6-17)11-1-2-13-14(9-11)19-8-7-18-13;/h1-2,9,12,16H,3-8,10H2;1H/t12-;/m1./s1. The number of alkyl halides is 1. The van der Waals surface area contributed by atoms with Crippen molar-refractivity contribution in [2.45, 2.75) is 6.04 Å². The quantitative estimate of drug-likeness (QED) is 0.923. The Kier molecular flexibility index (Phi) is 5.46. The Labute approximate surface area is 124 Å². The molecule has 1 aromatic carbocycles.